The van der Waals surface area contributed by atoms with Crippen LogP contribution in [0.2, 0.25) is 0 Å². The number of ether oxygens (including phenoxy) is 1. The first kappa shape index (κ1) is 22.7. The van der Waals surface area contributed by atoms with E-state index in [1.165, 1.54) is 38.7 Å². The van der Waals surface area contributed by atoms with Crippen LogP contribution in [0.1, 0.15) is 34.5 Å². The fourth-order valence-electron chi connectivity index (χ4n) is 5.72. The van der Waals surface area contributed by atoms with E-state index in [-0.39, 0.29) is 5.97 Å². The molecule has 1 spiro atoms. The molecule has 0 atom stereocenters. The minimum absolute atomic E-state index is 0.315. The van der Waals surface area contributed by atoms with E-state index in [1.54, 1.807) is 12.1 Å². The van der Waals surface area contributed by atoms with E-state index in [0.717, 1.165) is 41.9 Å². The Kier molecular flexibility index (Phi) is 5.93. The van der Waals surface area contributed by atoms with Gasteiger partial charge in [-0.05, 0) is 60.2 Å². The maximum Gasteiger partial charge on any atom is 0.337 e. The molecule has 2 fully saturated rings. The number of benzene rings is 1. The van der Waals surface area contributed by atoms with Crippen molar-refractivity contribution in [3.05, 3.63) is 90.0 Å². The predicted octanol–water partition coefficient (Wildman–Crippen LogP) is 4.37. The molecule has 4 aromatic rings. The minimum Gasteiger partial charge on any atom is -0.465 e. The van der Waals surface area contributed by atoms with Gasteiger partial charge in [0, 0.05) is 57.0 Å². The van der Waals surface area contributed by atoms with Gasteiger partial charge in [-0.3, -0.25) is 9.88 Å². The van der Waals surface area contributed by atoms with Gasteiger partial charge in [0.25, 0.3) is 0 Å². The Balaban J connectivity index is 1.07. The lowest BCUT2D eigenvalue weighted by Crippen LogP contribution is -2.59. The molecular weight excluding hydrogens is 450 g/mol. The predicted molar refractivity (Wildman–Crippen MR) is 140 cm³/mol. The SMILES string of the molecule is COC(=O)c1ccc(Cn2ccc3cc(N4CCC5(CC4)CN(Cc4ccccn4)C5)cnc32)cc1. The van der Waals surface area contributed by atoms with Crippen molar-refractivity contribution in [2.45, 2.75) is 25.9 Å². The third-order valence-electron chi connectivity index (χ3n) is 7.73. The number of anilines is 1. The van der Waals surface area contributed by atoms with E-state index in [2.05, 4.69) is 49.8 Å². The van der Waals surface area contributed by atoms with Crippen LogP contribution in [-0.2, 0) is 17.8 Å². The number of carbonyl (C=O) groups excluding carboxylic acids is 1. The average Bonchev–Trinajstić information content (AvgIpc) is 3.30. The van der Waals surface area contributed by atoms with Crippen LogP contribution in [0.25, 0.3) is 11.0 Å². The summed E-state index contributed by atoms with van der Waals surface area (Å²) in [6, 6.07) is 18.1. The normalized spacial score (nSPS) is 17.3. The van der Waals surface area contributed by atoms with Crippen molar-refractivity contribution >= 4 is 22.7 Å². The molecule has 0 amide bonds. The molecule has 2 aliphatic heterocycles. The van der Waals surface area contributed by atoms with Crippen molar-refractivity contribution < 1.29 is 9.53 Å². The number of likely N-dealkylation sites (tertiary alicyclic amines) is 1. The number of pyridine rings is 2. The van der Waals surface area contributed by atoms with Crippen LogP contribution in [-0.4, -0.2) is 58.7 Å². The van der Waals surface area contributed by atoms with Gasteiger partial charge in [0.2, 0.25) is 0 Å². The first-order chi connectivity index (χ1) is 17.6. The number of fused-ring (bicyclic) bond motifs is 1. The van der Waals surface area contributed by atoms with Gasteiger partial charge in [0.05, 0.1) is 30.3 Å². The molecule has 1 aromatic carbocycles. The first-order valence-electron chi connectivity index (χ1n) is 12.6. The third-order valence-corrected chi connectivity index (χ3v) is 7.73. The lowest BCUT2D eigenvalue weighted by Gasteiger charge is -2.54. The Morgan fingerprint density at radius 1 is 1.00 bits per heavy atom. The molecule has 0 N–H and O–H groups in total. The molecule has 3 aromatic heterocycles. The number of esters is 1. The zero-order valence-corrected chi connectivity index (χ0v) is 20.6. The quantitative estimate of drug-likeness (QED) is 0.381. The third kappa shape index (κ3) is 4.46. The Hall–Kier alpha value is -3.71. The summed E-state index contributed by atoms with van der Waals surface area (Å²) in [5.41, 5.74) is 5.50. The van der Waals surface area contributed by atoms with Crippen LogP contribution in [0, 0.1) is 5.41 Å². The topological polar surface area (TPSA) is 63.5 Å². The molecular formula is C29H31N5O2. The highest BCUT2D eigenvalue weighted by molar-refractivity contribution is 5.89. The Bertz CT molecular complexity index is 1350. The molecule has 0 aliphatic carbocycles. The van der Waals surface area contributed by atoms with Gasteiger partial charge in [-0.1, -0.05) is 18.2 Å². The highest BCUT2D eigenvalue weighted by Gasteiger charge is 2.44. The number of nitrogens with zero attached hydrogens (tertiary/aromatic N) is 5. The summed E-state index contributed by atoms with van der Waals surface area (Å²) in [6.07, 6.45) is 8.45. The van der Waals surface area contributed by atoms with E-state index in [4.69, 9.17) is 9.72 Å². The zero-order valence-electron chi connectivity index (χ0n) is 20.6. The molecule has 0 unspecified atom stereocenters. The number of rotatable bonds is 6. The van der Waals surface area contributed by atoms with Crippen LogP contribution in [0.3, 0.4) is 0 Å². The van der Waals surface area contributed by atoms with Crippen molar-refractivity contribution in [1.82, 2.24) is 19.4 Å². The van der Waals surface area contributed by atoms with Gasteiger partial charge in [-0.2, -0.15) is 0 Å². The second-order valence-corrected chi connectivity index (χ2v) is 10.2. The number of hydrogen-bond acceptors (Lipinski definition) is 6. The van der Waals surface area contributed by atoms with E-state index in [9.17, 15) is 4.79 Å². The molecule has 36 heavy (non-hydrogen) atoms. The summed E-state index contributed by atoms with van der Waals surface area (Å²) in [5.74, 6) is -0.315. The molecule has 6 rings (SSSR count). The molecule has 2 saturated heterocycles. The smallest absolute Gasteiger partial charge is 0.337 e. The monoisotopic (exact) mass is 481 g/mol. The largest absolute Gasteiger partial charge is 0.465 e. The fraction of sp³-hybridized carbons (Fsp3) is 0.345. The maximum absolute atomic E-state index is 11.7. The molecule has 0 radical (unpaired) electrons. The van der Waals surface area contributed by atoms with Crippen LogP contribution in [0.5, 0.6) is 0 Å². The van der Waals surface area contributed by atoms with Gasteiger partial charge in [-0.15, -0.1) is 0 Å². The Labute approximate surface area is 211 Å². The van der Waals surface area contributed by atoms with Crippen molar-refractivity contribution in [2.24, 2.45) is 5.41 Å². The molecule has 0 saturated carbocycles. The second kappa shape index (κ2) is 9.39. The van der Waals surface area contributed by atoms with Crippen LogP contribution in [0.4, 0.5) is 5.69 Å². The van der Waals surface area contributed by atoms with E-state index < -0.39 is 0 Å². The molecule has 5 heterocycles. The first-order valence-corrected chi connectivity index (χ1v) is 12.6. The van der Waals surface area contributed by atoms with Crippen molar-refractivity contribution in [1.29, 1.82) is 0 Å². The van der Waals surface area contributed by atoms with Crippen molar-refractivity contribution in [3.63, 3.8) is 0 Å². The van der Waals surface area contributed by atoms with Gasteiger partial charge in [-0.25, -0.2) is 9.78 Å². The maximum atomic E-state index is 11.7. The van der Waals surface area contributed by atoms with Gasteiger partial charge >= 0.3 is 5.97 Å². The van der Waals surface area contributed by atoms with Gasteiger partial charge in [0.1, 0.15) is 5.65 Å². The molecule has 7 heteroatoms. The molecule has 0 bridgehead atoms. The second-order valence-electron chi connectivity index (χ2n) is 10.2. The summed E-state index contributed by atoms with van der Waals surface area (Å²) in [7, 11) is 1.40. The standard InChI is InChI=1S/C29H31N5O2/c1-36-28(35)23-7-5-22(6-8-23)18-34-13-9-24-16-26(17-31-27(24)34)33-14-10-29(11-15-33)20-32(21-29)19-25-4-2-3-12-30-25/h2-9,12-13,16-17H,10-11,14-15,18-21H2,1H3. The summed E-state index contributed by atoms with van der Waals surface area (Å²) >= 11 is 0. The van der Waals surface area contributed by atoms with Gasteiger partial charge < -0.3 is 14.2 Å². The van der Waals surface area contributed by atoms with Crippen LogP contribution in [0.15, 0.2) is 73.2 Å². The number of carbonyl (C=O) groups is 1. The lowest BCUT2D eigenvalue weighted by molar-refractivity contribution is -0.0247. The fourth-order valence-corrected chi connectivity index (χ4v) is 5.72. The molecule has 2 aliphatic rings. The number of methoxy groups -OCH3 is 1. The minimum atomic E-state index is -0.315. The summed E-state index contributed by atoms with van der Waals surface area (Å²) in [4.78, 5) is 26.0. The van der Waals surface area contributed by atoms with Crippen LogP contribution < -0.4 is 4.90 Å². The number of aromatic nitrogens is 3. The highest BCUT2D eigenvalue weighted by Crippen LogP contribution is 2.42. The van der Waals surface area contributed by atoms with E-state index in [1.807, 2.05) is 30.6 Å². The summed E-state index contributed by atoms with van der Waals surface area (Å²) < 4.78 is 6.94. The van der Waals surface area contributed by atoms with E-state index in [0.29, 0.717) is 17.5 Å². The average molecular weight is 482 g/mol. The zero-order chi connectivity index (χ0) is 24.5. The summed E-state index contributed by atoms with van der Waals surface area (Å²) in [5, 5.41) is 1.16. The molecule has 7 nitrogen and oxygen atoms in total. The Morgan fingerprint density at radius 3 is 2.53 bits per heavy atom. The molecule has 184 valence electrons. The van der Waals surface area contributed by atoms with Gasteiger partial charge in [0.15, 0.2) is 0 Å². The number of hydrogen-bond donors (Lipinski definition) is 0. The van der Waals surface area contributed by atoms with Crippen LogP contribution >= 0.6 is 0 Å². The van der Waals surface area contributed by atoms with E-state index >= 15 is 0 Å². The Morgan fingerprint density at radius 2 is 1.81 bits per heavy atom. The summed E-state index contributed by atoms with van der Waals surface area (Å²) in [6.45, 7) is 6.18. The number of piperidine rings is 1. The highest BCUT2D eigenvalue weighted by atomic mass is 16.5. The van der Waals surface area contributed by atoms with Crippen molar-refractivity contribution in [3.8, 4) is 0 Å². The van der Waals surface area contributed by atoms with Crippen molar-refractivity contribution in [2.75, 3.05) is 38.2 Å². The lowest BCUT2D eigenvalue weighted by atomic mass is 9.72.